The molecular weight excluding hydrogens is 564 g/mol. The standard InChI is InChI=1S/C33H37ClN6O3/c1-24-35-23-29-30(37-26-8-5-10-28(22-26)43-27-9-4-7-25(34)21-27)12-15-39(32(29)36-24)14-3-2-13-38-16-18-40(19-17-38)33(41)31-11-6-20-42-31/h4-11,20-23,30,37H,2-3,12-19H2,1H3. The molecule has 1 atom stereocenters. The molecule has 1 saturated heterocycles. The summed E-state index contributed by atoms with van der Waals surface area (Å²) in [5.41, 5.74) is 2.10. The molecule has 6 rings (SSSR count). The number of benzene rings is 2. The molecule has 0 aliphatic carbocycles. The van der Waals surface area contributed by atoms with E-state index in [0.717, 1.165) is 93.7 Å². The maximum absolute atomic E-state index is 12.5. The van der Waals surface area contributed by atoms with Gasteiger partial charge in [-0.05, 0) is 75.2 Å². The molecule has 2 aliphatic rings. The summed E-state index contributed by atoms with van der Waals surface area (Å²) in [4.78, 5) is 28.7. The van der Waals surface area contributed by atoms with Gasteiger partial charge in [0.05, 0.1) is 12.3 Å². The van der Waals surface area contributed by atoms with Gasteiger partial charge in [-0.2, -0.15) is 0 Å². The van der Waals surface area contributed by atoms with Crippen LogP contribution in [0.25, 0.3) is 0 Å². The van der Waals surface area contributed by atoms with Crippen molar-refractivity contribution < 1.29 is 13.9 Å². The number of amides is 1. The van der Waals surface area contributed by atoms with Gasteiger partial charge in [-0.1, -0.05) is 23.7 Å². The average Bonchev–Trinajstić information content (AvgIpc) is 3.56. The summed E-state index contributed by atoms with van der Waals surface area (Å²) in [6.45, 7) is 8.11. The van der Waals surface area contributed by atoms with E-state index in [1.54, 1.807) is 24.5 Å². The minimum absolute atomic E-state index is 0.0166. The molecule has 224 valence electrons. The van der Waals surface area contributed by atoms with Crippen LogP contribution >= 0.6 is 11.6 Å². The van der Waals surface area contributed by atoms with Crippen molar-refractivity contribution in [2.45, 2.75) is 32.2 Å². The van der Waals surface area contributed by atoms with Crippen molar-refractivity contribution in [2.75, 3.05) is 56.0 Å². The van der Waals surface area contributed by atoms with Gasteiger partial charge in [0.2, 0.25) is 0 Å². The molecule has 0 bridgehead atoms. The van der Waals surface area contributed by atoms with E-state index < -0.39 is 0 Å². The van der Waals surface area contributed by atoms with Gasteiger partial charge in [0.15, 0.2) is 5.76 Å². The number of hydrogen-bond donors (Lipinski definition) is 1. The third kappa shape index (κ3) is 7.29. The van der Waals surface area contributed by atoms with Gasteiger partial charge in [0, 0.05) is 67.8 Å². The van der Waals surface area contributed by atoms with Crippen molar-refractivity contribution >= 4 is 29.0 Å². The van der Waals surface area contributed by atoms with Gasteiger partial charge < -0.3 is 24.3 Å². The lowest BCUT2D eigenvalue weighted by Gasteiger charge is -2.36. The van der Waals surface area contributed by atoms with Crippen LogP contribution < -0.4 is 15.0 Å². The van der Waals surface area contributed by atoms with Crippen LogP contribution in [0.1, 0.15) is 47.2 Å². The number of anilines is 2. The number of halogens is 1. The molecule has 4 heterocycles. The molecule has 1 amide bonds. The number of aromatic nitrogens is 2. The monoisotopic (exact) mass is 600 g/mol. The van der Waals surface area contributed by atoms with Gasteiger partial charge in [0.1, 0.15) is 23.1 Å². The Morgan fingerprint density at radius 3 is 2.58 bits per heavy atom. The van der Waals surface area contributed by atoms with Crippen molar-refractivity contribution in [1.82, 2.24) is 19.8 Å². The van der Waals surface area contributed by atoms with E-state index in [2.05, 4.69) is 26.2 Å². The molecule has 43 heavy (non-hydrogen) atoms. The highest BCUT2D eigenvalue weighted by Gasteiger charge is 2.27. The Hall–Kier alpha value is -4.08. The van der Waals surface area contributed by atoms with Crippen molar-refractivity contribution in [3.8, 4) is 11.5 Å². The van der Waals surface area contributed by atoms with Gasteiger partial charge in [-0.25, -0.2) is 9.97 Å². The lowest BCUT2D eigenvalue weighted by molar-refractivity contribution is 0.0604. The third-order valence-corrected chi connectivity index (χ3v) is 8.26. The number of rotatable bonds is 10. The highest BCUT2D eigenvalue weighted by molar-refractivity contribution is 6.30. The second-order valence-corrected chi connectivity index (χ2v) is 11.5. The molecule has 1 unspecified atom stereocenters. The second kappa shape index (κ2) is 13.5. The molecule has 2 aromatic carbocycles. The molecule has 10 heteroatoms. The number of hydrogen-bond acceptors (Lipinski definition) is 8. The topological polar surface area (TPSA) is 87.0 Å². The van der Waals surface area contributed by atoms with Crippen LogP contribution in [0.2, 0.25) is 5.02 Å². The Kier molecular flexibility index (Phi) is 9.10. The van der Waals surface area contributed by atoms with Crippen LogP contribution in [0.15, 0.2) is 77.5 Å². The van der Waals surface area contributed by atoms with Crippen LogP contribution in [0.3, 0.4) is 0 Å². The van der Waals surface area contributed by atoms with Crippen LogP contribution in [0, 0.1) is 6.92 Å². The van der Waals surface area contributed by atoms with E-state index in [4.69, 9.17) is 25.7 Å². The molecule has 4 aromatic rings. The van der Waals surface area contributed by atoms with E-state index >= 15 is 0 Å². The van der Waals surface area contributed by atoms with Gasteiger partial charge in [-0.3, -0.25) is 9.69 Å². The van der Waals surface area contributed by atoms with Crippen molar-refractivity contribution in [3.05, 3.63) is 95.3 Å². The van der Waals surface area contributed by atoms with Crippen LogP contribution in [0.5, 0.6) is 11.5 Å². The Morgan fingerprint density at radius 2 is 1.79 bits per heavy atom. The summed E-state index contributed by atoms with van der Waals surface area (Å²) >= 11 is 6.12. The number of unbranched alkanes of at least 4 members (excludes halogenated alkanes) is 1. The van der Waals surface area contributed by atoms with Crippen molar-refractivity contribution in [3.63, 3.8) is 0 Å². The normalized spacial score (nSPS) is 17.0. The van der Waals surface area contributed by atoms with Gasteiger partial charge in [-0.15, -0.1) is 0 Å². The van der Waals surface area contributed by atoms with E-state index in [9.17, 15) is 4.79 Å². The fourth-order valence-electron chi connectivity index (χ4n) is 5.77. The van der Waals surface area contributed by atoms with Crippen molar-refractivity contribution in [2.24, 2.45) is 0 Å². The van der Waals surface area contributed by atoms with Crippen LogP contribution in [0.4, 0.5) is 11.5 Å². The molecule has 0 saturated carbocycles. The zero-order chi connectivity index (χ0) is 29.6. The minimum atomic E-state index is -0.0166. The quantitative estimate of drug-likeness (QED) is 0.209. The molecule has 2 aromatic heterocycles. The van der Waals surface area contributed by atoms with Gasteiger partial charge >= 0.3 is 0 Å². The summed E-state index contributed by atoms with van der Waals surface area (Å²) < 4.78 is 11.3. The Labute approximate surface area is 257 Å². The Bertz CT molecular complexity index is 1520. The average molecular weight is 601 g/mol. The van der Waals surface area contributed by atoms with E-state index in [0.29, 0.717) is 16.5 Å². The minimum Gasteiger partial charge on any atom is -0.459 e. The maximum atomic E-state index is 12.5. The molecule has 1 N–H and O–H groups in total. The first kappa shape index (κ1) is 29.0. The first-order valence-electron chi connectivity index (χ1n) is 15.0. The predicted molar refractivity (Wildman–Crippen MR) is 168 cm³/mol. The van der Waals surface area contributed by atoms with Crippen molar-refractivity contribution in [1.29, 1.82) is 0 Å². The lowest BCUT2D eigenvalue weighted by Crippen LogP contribution is -2.48. The number of carbonyl (C=O) groups is 1. The van der Waals surface area contributed by atoms with E-state index in [1.165, 1.54) is 0 Å². The molecular formula is C33H37ClN6O3. The zero-order valence-corrected chi connectivity index (χ0v) is 25.2. The summed E-state index contributed by atoms with van der Waals surface area (Å²) in [7, 11) is 0. The number of nitrogens with zero attached hydrogens (tertiary/aromatic N) is 5. The summed E-state index contributed by atoms with van der Waals surface area (Å²) in [6.07, 6.45) is 6.65. The summed E-state index contributed by atoms with van der Waals surface area (Å²) in [5, 5.41) is 4.33. The molecule has 1 fully saturated rings. The summed E-state index contributed by atoms with van der Waals surface area (Å²) in [5.74, 6) is 3.65. The molecule has 0 radical (unpaired) electrons. The molecule has 0 spiro atoms. The first-order valence-corrected chi connectivity index (χ1v) is 15.3. The predicted octanol–water partition coefficient (Wildman–Crippen LogP) is 6.43. The summed E-state index contributed by atoms with van der Waals surface area (Å²) in [6, 6.07) is 19.0. The third-order valence-electron chi connectivity index (χ3n) is 8.03. The number of carbonyl (C=O) groups excluding carboxylic acids is 1. The highest BCUT2D eigenvalue weighted by atomic mass is 35.5. The molecule has 2 aliphatic heterocycles. The Balaban J connectivity index is 1.01. The Morgan fingerprint density at radius 1 is 1.00 bits per heavy atom. The largest absolute Gasteiger partial charge is 0.459 e. The number of ether oxygens (including phenoxy) is 1. The number of aryl methyl sites for hydroxylation is 1. The van der Waals surface area contributed by atoms with Crippen LogP contribution in [-0.2, 0) is 0 Å². The number of nitrogens with one attached hydrogen (secondary N) is 1. The van der Waals surface area contributed by atoms with Gasteiger partial charge in [0.25, 0.3) is 5.91 Å². The second-order valence-electron chi connectivity index (χ2n) is 11.1. The van der Waals surface area contributed by atoms with Crippen LogP contribution in [-0.4, -0.2) is 71.5 Å². The first-order chi connectivity index (χ1) is 21.0. The van der Waals surface area contributed by atoms with E-state index in [1.807, 2.05) is 54.4 Å². The number of piperazine rings is 1. The number of furan rings is 1. The fourth-order valence-corrected chi connectivity index (χ4v) is 5.95. The van der Waals surface area contributed by atoms with E-state index in [-0.39, 0.29) is 11.9 Å². The highest BCUT2D eigenvalue weighted by Crippen LogP contribution is 2.35. The fraction of sp³-hybridized carbons (Fsp3) is 0.364. The molecule has 9 nitrogen and oxygen atoms in total. The SMILES string of the molecule is Cc1ncc2c(n1)N(CCCCN1CCN(C(=O)c3ccco3)CC1)CCC2Nc1cccc(Oc2cccc(Cl)c2)c1. The smallest absolute Gasteiger partial charge is 0.289 e. The zero-order valence-electron chi connectivity index (χ0n) is 24.4. The lowest BCUT2D eigenvalue weighted by atomic mass is 10.00. The number of fused-ring (bicyclic) bond motifs is 1. The maximum Gasteiger partial charge on any atom is 0.289 e.